The highest BCUT2D eigenvalue weighted by Gasteiger charge is 2.09. The Morgan fingerprint density at radius 2 is 1.65 bits per heavy atom. The molecule has 0 aliphatic rings. The van der Waals surface area contributed by atoms with Crippen molar-refractivity contribution in [1.82, 2.24) is 5.43 Å². The normalized spacial score (nSPS) is 10.6. The van der Waals surface area contributed by atoms with Crippen LogP contribution in [0.1, 0.15) is 39.6 Å². The van der Waals surface area contributed by atoms with Gasteiger partial charge in [-0.05, 0) is 88.6 Å². The molecule has 0 saturated carbocycles. The number of hydrogen-bond donors (Lipinski definition) is 1. The molecule has 0 atom stereocenters. The van der Waals surface area contributed by atoms with Crippen molar-refractivity contribution in [1.29, 1.82) is 0 Å². The van der Waals surface area contributed by atoms with E-state index in [1.807, 2.05) is 13.0 Å². The second-order valence-electron chi connectivity index (χ2n) is 6.51. The summed E-state index contributed by atoms with van der Waals surface area (Å²) in [6.45, 7) is 2.66. The highest BCUT2D eigenvalue weighted by Crippen LogP contribution is 2.17. The summed E-state index contributed by atoms with van der Waals surface area (Å²) in [4.78, 5) is 24.4. The van der Waals surface area contributed by atoms with Crippen molar-refractivity contribution in [3.63, 3.8) is 0 Å². The molecule has 3 aromatic carbocycles. The van der Waals surface area contributed by atoms with Crippen molar-refractivity contribution < 1.29 is 19.1 Å². The standard InChI is InChI=1S/C24H21BrN2O4/c1-2-15-30-19-13-9-18(10-14-19)24(29)31-20-11-7-17(8-12-20)16-26-27-23(28)21-5-3-4-6-22(21)25/h3-14,16H,2,15H2,1H3,(H,27,28)/b26-16-. The summed E-state index contributed by atoms with van der Waals surface area (Å²) in [5.74, 6) is 0.351. The van der Waals surface area contributed by atoms with Gasteiger partial charge in [-0.15, -0.1) is 0 Å². The largest absolute Gasteiger partial charge is 0.494 e. The molecule has 31 heavy (non-hydrogen) atoms. The van der Waals surface area contributed by atoms with Gasteiger partial charge >= 0.3 is 5.97 Å². The Balaban J connectivity index is 1.53. The van der Waals surface area contributed by atoms with Gasteiger partial charge in [-0.1, -0.05) is 19.1 Å². The maximum absolute atomic E-state index is 12.3. The van der Waals surface area contributed by atoms with Crippen LogP contribution in [-0.2, 0) is 0 Å². The molecule has 0 fully saturated rings. The van der Waals surface area contributed by atoms with Crippen LogP contribution in [0, 0.1) is 0 Å². The monoisotopic (exact) mass is 480 g/mol. The number of hydrazone groups is 1. The first-order valence-corrected chi connectivity index (χ1v) is 10.5. The van der Waals surface area contributed by atoms with Gasteiger partial charge in [0.25, 0.3) is 5.91 Å². The fourth-order valence-corrected chi connectivity index (χ4v) is 3.03. The molecule has 0 aliphatic heterocycles. The molecule has 1 amide bonds. The van der Waals surface area contributed by atoms with Crippen LogP contribution in [0.4, 0.5) is 0 Å². The van der Waals surface area contributed by atoms with Gasteiger partial charge in [0, 0.05) is 4.47 Å². The van der Waals surface area contributed by atoms with Gasteiger partial charge in [-0.3, -0.25) is 4.79 Å². The zero-order chi connectivity index (χ0) is 22.1. The average Bonchev–Trinajstić information content (AvgIpc) is 2.79. The number of esters is 1. The summed E-state index contributed by atoms with van der Waals surface area (Å²) >= 11 is 3.33. The number of carbonyl (C=O) groups is 2. The predicted octanol–water partition coefficient (Wildman–Crippen LogP) is 5.22. The minimum Gasteiger partial charge on any atom is -0.494 e. The first kappa shape index (κ1) is 22.2. The minimum absolute atomic E-state index is 0.319. The highest BCUT2D eigenvalue weighted by atomic mass is 79.9. The van der Waals surface area contributed by atoms with Crippen molar-refractivity contribution in [2.24, 2.45) is 5.10 Å². The Hall–Kier alpha value is -3.45. The molecule has 0 heterocycles. The van der Waals surface area contributed by atoms with E-state index in [2.05, 4.69) is 26.5 Å². The molecule has 158 valence electrons. The van der Waals surface area contributed by atoms with Crippen LogP contribution < -0.4 is 14.9 Å². The maximum Gasteiger partial charge on any atom is 0.343 e. The Bertz CT molecular complexity index is 1060. The smallest absolute Gasteiger partial charge is 0.343 e. The number of rotatable bonds is 8. The molecule has 6 nitrogen and oxygen atoms in total. The van der Waals surface area contributed by atoms with Gasteiger partial charge in [0.15, 0.2) is 0 Å². The molecular formula is C24H21BrN2O4. The SMILES string of the molecule is CCCOc1ccc(C(=O)Oc2ccc(/C=N\NC(=O)c3ccccc3Br)cc2)cc1. The summed E-state index contributed by atoms with van der Waals surface area (Å²) < 4.78 is 11.6. The molecule has 0 spiro atoms. The van der Waals surface area contributed by atoms with Gasteiger partial charge in [-0.2, -0.15) is 5.10 Å². The van der Waals surface area contributed by atoms with E-state index in [-0.39, 0.29) is 5.91 Å². The summed E-state index contributed by atoms with van der Waals surface area (Å²) in [7, 11) is 0. The molecule has 0 saturated heterocycles. The Morgan fingerprint density at radius 1 is 0.968 bits per heavy atom. The quantitative estimate of drug-likeness (QED) is 0.207. The first-order chi connectivity index (χ1) is 15.1. The van der Waals surface area contributed by atoms with Crippen molar-refractivity contribution in [3.8, 4) is 11.5 Å². The summed E-state index contributed by atoms with van der Waals surface area (Å²) in [5.41, 5.74) is 4.15. The van der Waals surface area contributed by atoms with Gasteiger partial charge in [-0.25, -0.2) is 10.2 Å². The maximum atomic E-state index is 12.3. The van der Waals surface area contributed by atoms with E-state index in [0.717, 1.165) is 12.0 Å². The van der Waals surface area contributed by atoms with Crippen LogP contribution in [0.3, 0.4) is 0 Å². The Labute approximate surface area is 189 Å². The fraction of sp³-hybridized carbons (Fsp3) is 0.125. The second-order valence-corrected chi connectivity index (χ2v) is 7.36. The van der Waals surface area contributed by atoms with Crippen LogP contribution in [0.15, 0.2) is 82.4 Å². The van der Waals surface area contributed by atoms with Crippen LogP contribution in [-0.4, -0.2) is 24.7 Å². The Kier molecular flexibility index (Phi) is 7.95. The first-order valence-electron chi connectivity index (χ1n) is 9.70. The number of nitrogens with zero attached hydrogens (tertiary/aromatic N) is 1. The van der Waals surface area contributed by atoms with Gasteiger partial charge in [0.05, 0.1) is 23.9 Å². The molecule has 0 unspecified atom stereocenters. The number of carbonyl (C=O) groups excluding carboxylic acids is 2. The van der Waals surface area contributed by atoms with Crippen LogP contribution in [0.5, 0.6) is 11.5 Å². The predicted molar refractivity (Wildman–Crippen MR) is 123 cm³/mol. The number of benzene rings is 3. The zero-order valence-electron chi connectivity index (χ0n) is 16.9. The van der Waals surface area contributed by atoms with Crippen LogP contribution in [0.25, 0.3) is 0 Å². The molecule has 3 rings (SSSR count). The number of amides is 1. The molecule has 0 bridgehead atoms. The minimum atomic E-state index is -0.454. The van der Waals surface area contributed by atoms with E-state index in [1.54, 1.807) is 66.7 Å². The summed E-state index contributed by atoms with van der Waals surface area (Å²) in [6, 6.07) is 20.7. The van der Waals surface area contributed by atoms with Crippen molar-refractivity contribution in [2.75, 3.05) is 6.61 Å². The topological polar surface area (TPSA) is 77.0 Å². The lowest BCUT2D eigenvalue weighted by atomic mass is 10.2. The highest BCUT2D eigenvalue weighted by molar-refractivity contribution is 9.10. The van der Waals surface area contributed by atoms with E-state index < -0.39 is 5.97 Å². The number of hydrogen-bond acceptors (Lipinski definition) is 5. The molecule has 0 aromatic heterocycles. The lowest BCUT2D eigenvalue weighted by molar-refractivity contribution is 0.0734. The molecule has 7 heteroatoms. The van der Waals surface area contributed by atoms with E-state index in [9.17, 15) is 9.59 Å². The third kappa shape index (κ3) is 6.52. The van der Waals surface area contributed by atoms with Crippen LogP contribution >= 0.6 is 15.9 Å². The summed E-state index contributed by atoms with van der Waals surface area (Å²) in [5, 5.41) is 3.96. The van der Waals surface area contributed by atoms with Crippen LogP contribution in [0.2, 0.25) is 0 Å². The molecule has 0 radical (unpaired) electrons. The van der Waals surface area contributed by atoms with E-state index >= 15 is 0 Å². The second kappa shape index (κ2) is 11.1. The number of halogens is 1. The molecule has 1 N–H and O–H groups in total. The fourth-order valence-electron chi connectivity index (χ4n) is 2.57. The van der Waals surface area contributed by atoms with Gasteiger partial charge < -0.3 is 9.47 Å². The third-order valence-corrected chi connectivity index (χ3v) is 4.84. The van der Waals surface area contributed by atoms with Crippen molar-refractivity contribution in [2.45, 2.75) is 13.3 Å². The van der Waals surface area contributed by atoms with E-state index in [4.69, 9.17) is 9.47 Å². The van der Waals surface area contributed by atoms with Gasteiger partial charge in [0.1, 0.15) is 11.5 Å². The van der Waals surface area contributed by atoms with Gasteiger partial charge in [0.2, 0.25) is 0 Å². The Morgan fingerprint density at radius 3 is 2.32 bits per heavy atom. The van der Waals surface area contributed by atoms with E-state index in [1.165, 1.54) is 6.21 Å². The average molecular weight is 481 g/mol. The molecular weight excluding hydrogens is 460 g/mol. The lowest BCUT2D eigenvalue weighted by Gasteiger charge is -2.07. The number of nitrogens with one attached hydrogen (secondary N) is 1. The lowest BCUT2D eigenvalue weighted by Crippen LogP contribution is -2.18. The third-order valence-electron chi connectivity index (χ3n) is 4.15. The van der Waals surface area contributed by atoms with E-state index in [0.29, 0.717) is 33.7 Å². The molecule has 0 aliphatic carbocycles. The summed E-state index contributed by atoms with van der Waals surface area (Å²) in [6.07, 6.45) is 2.43. The van der Waals surface area contributed by atoms with Crippen molar-refractivity contribution in [3.05, 3.63) is 94.0 Å². The molecule has 3 aromatic rings. The van der Waals surface area contributed by atoms with Crippen molar-refractivity contribution >= 4 is 34.0 Å². The zero-order valence-corrected chi connectivity index (χ0v) is 18.5. The number of ether oxygens (including phenoxy) is 2.